The number of pyridine rings is 1. The predicted molar refractivity (Wildman–Crippen MR) is 100 cm³/mol. The molecule has 0 unspecified atom stereocenters. The number of carbonyl (C=O) groups is 1. The summed E-state index contributed by atoms with van der Waals surface area (Å²) < 4.78 is 16.6. The number of amides is 1. The van der Waals surface area contributed by atoms with Crippen LogP contribution in [-0.2, 0) is 0 Å². The van der Waals surface area contributed by atoms with Gasteiger partial charge in [0.05, 0.1) is 5.56 Å². The van der Waals surface area contributed by atoms with Gasteiger partial charge in [-0.25, -0.2) is 9.37 Å². The fourth-order valence-electron chi connectivity index (χ4n) is 2.44. The van der Waals surface area contributed by atoms with Crippen LogP contribution < -0.4 is 5.32 Å². The van der Waals surface area contributed by atoms with Gasteiger partial charge in [-0.3, -0.25) is 4.79 Å². The summed E-state index contributed by atoms with van der Waals surface area (Å²) in [6.45, 7) is 5.78. The van der Waals surface area contributed by atoms with Crippen molar-refractivity contribution in [2.45, 2.75) is 26.8 Å². The Balaban J connectivity index is 1.89. The van der Waals surface area contributed by atoms with Gasteiger partial charge in [0, 0.05) is 10.5 Å². The van der Waals surface area contributed by atoms with Crippen molar-refractivity contribution in [2.75, 3.05) is 5.32 Å². The van der Waals surface area contributed by atoms with E-state index in [-0.39, 0.29) is 11.6 Å². The van der Waals surface area contributed by atoms with E-state index in [0.717, 1.165) is 0 Å². The first-order valence-corrected chi connectivity index (χ1v) is 8.80. The van der Waals surface area contributed by atoms with Gasteiger partial charge in [0.2, 0.25) is 0 Å². The molecule has 0 aliphatic carbocycles. The van der Waals surface area contributed by atoms with Crippen LogP contribution in [0.4, 0.5) is 10.2 Å². The van der Waals surface area contributed by atoms with E-state index in [4.69, 9.17) is 0 Å². The highest BCUT2D eigenvalue weighted by molar-refractivity contribution is 9.10. The van der Waals surface area contributed by atoms with E-state index in [1.54, 1.807) is 31.5 Å². The number of nitrogens with zero attached hydrogens (tertiary/aromatic N) is 4. The van der Waals surface area contributed by atoms with E-state index in [1.165, 1.54) is 12.1 Å². The second-order valence-electron chi connectivity index (χ2n) is 6.10. The van der Waals surface area contributed by atoms with Crippen LogP contribution in [0.25, 0.3) is 11.5 Å². The molecular formula is C18H17BrFN5O. The van der Waals surface area contributed by atoms with Gasteiger partial charge in [-0.05, 0) is 50.6 Å². The zero-order chi connectivity index (χ0) is 18.8. The minimum absolute atomic E-state index is 0.0555. The van der Waals surface area contributed by atoms with E-state index in [9.17, 15) is 9.18 Å². The van der Waals surface area contributed by atoms with Gasteiger partial charge in [0.25, 0.3) is 5.91 Å². The van der Waals surface area contributed by atoms with Crippen LogP contribution in [0, 0.1) is 12.7 Å². The zero-order valence-corrected chi connectivity index (χ0v) is 16.1. The smallest absolute Gasteiger partial charge is 0.259 e. The van der Waals surface area contributed by atoms with Crippen molar-refractivity contribution in [3.05, 3.63) is 58.1 Å². The third kappa shape index (κ3) is 3.65. The molecule has 0 aliphatic heterocycles. The maximum absolute atomic E-state index is 14.1. The SMILES string of the molecule is Cc1cc(F)c(C(=O)Nc2cccc(-c3nncn3C(C)C)n2)cc1Br. The molecule has 1 aromatic carbocycles. The Morgan fingerprint density at radius 1 is 1.31 bits per heavy atom. The van der Waals surface area contributed by atoms with E-state index >= 15 is 0 Å². The Labute approximate surface area is 158 Å². The van der Waals surface area contributed by atoms with Crippen LogP contribution in [0.5, 0.6) is 0 Å². The maximum Gasteiger partial charge on any atom is 0.259 e. The van der Waals surface area contributed by atoms with Crippen molar-refractivity contribution >= 4 is 27.7 Å². The van der Waals surface area contributed by atoms with E-state index in [1.807, 2.05) is 18.4 Å². The number of aromatic nitrogens is 4. The standard InChI is InChI=1S/C18H17BrFN5O/c1-10(2)25-9-21-24-17(25)15-5-4-6-16(22-15)23-18(26)12-8-13(19)11(3)7-14(12)20/h4-10H,1-3H3,(H,22,23,26). The van der Waals surface area contributed by atoms with Crippen LogP contribution in [0.1, 0.15) is 35.8 Å². The molecule has 3 aromatic rings. The normalized spacial score (nSPS) is 11.0. The number of benzene rings is 1. The molecule has 2 aromatic heterocycles. The third-order valence-corrected chi connectivity index (χ3v) is 4.70. The Morgan fingerprint density at radius 3 is 2.81 bits per heavy atom. The molecule has 134 valence electrons. The lowest BCUT2D eigenvalue weighted by atomic mass is 10.1. The van der Waals surface area contributed by atoms with Crippen LogP contribution in [0.2, 0.25) is 0 Å². The highest BCUT2D eigenvalue weighted by atomic mass is 79.9. The van der Waals surface area contributed by atoms with Gasteiger partial charge in [-0.1, -0.05) is 22.0 Å². The number of rotatable bonds is 4. The van der Waals surface area contributed by atoms with Crippen LogP contribution in [-0.4, -0.2) is 25.7 Å². The van der Waals surface area contributed by atoms with Crippen LogP contribution in [0.15, 0.2) is 41.1 Å². The highest BCUT2D eigenvalue weighted by Gasteiger charge is 2.16. The van der Waals surface area contributed by atoms with Crippen LogP contribution in [0.3, 0.4) is 0 Å². The summed E-state index contributed by atoms with van der Waals surface area (Å²) in [5.74, 6) is -0.251. The van der Waals surface area contributed by atoms with Crippen molar-refractivity contribution in [2.24, 2.45) is 0 Å². The summed E-state index contributed by atoms with van der Waals surface area (Å²) in [6, 6.07) is 8.10. The maximum atomic E-state index is 14.1. The minimum Gasteiger partial charge on any atom is -0.310 e. The molecular weight excluding hydrogens is 401 g/mol. The van der Waals surface area contributed by atoms with E-state index in [0.29, 0.717) is 27.4 Å². The van der Waals surface area contributed by atoms with Crippen LogP contribution >= 0.6 is 15.9 Å². The lowest BCUT2D eigenvalue weighted by Crippen LogP contribution is -2.15. The molecule has 3 rings (SSSR count). The van der Waals surface area contributed by atoms with Crippen molar-refractivity contribution in [3.8, 4) is 11.5 Å². The first-order valence-electron chi connectivity index (χ1n) is 8.00. The monoisotopic (exact) mass is 417 g/mol. The molecule has 0 saturated carbocycles. The number of carbonyl (C=O) groups excluding carboxylic acids is 1. The molecule has 0 bridgehead atoms. The Hall–Kier alpha value is -2.61. The van der Waals surface area contributed by atoms with Crippen molar-refractivity contribution in [1.82, 2.24) is 19.7 Å². The van der Waals surface area contributed by atoms with Gasteiger partial charge in [-0.15, -0.1) is 10.2 Å². The third-order valence-electron chi connectivity index (χ3n) is 3.84. The fourth-order valence-corrected chi connectivity index (χ4v) is 2.78. The minimum atomic E-state index is -0.584. The lowest BCUT2D eigenvalue weighted by Gasteiger charge is -2.11. The second kappa shape index (κ2) is 7.33. The summed E-state index contributed by atoms with van der Waals surface area (Å²) in [7, 11) is 0. The number of hydrogen-bond acceptors (Lipinski definition) is 4. The molecule has 0 aliphatic rings. The van der Waals surface area contributed by atoms with E-state index in [2.05, 4.69) is 36.4 Å². The molecule has 2 heterocycles. The number of nitrogens with one attached hydrogen (secondary N) is 1. The number of anilines is 1. The lowest BCUT2D eigenvalue weighted by molar-refractivity contribution is 0.102. The summed E-state index contributed by atoms with van der Waals surface area (Å²) in [6.07, 6.45) is 1.63. The van der Waals surface area contributed by atoms with Gasteiger partial charge >= 0.3 is 0 Å². The molecule has 0 saturated heterocycles. The van der Waals surface area contributed by atoms with Gasteiger partial charge in [0.1, 0.15) is 23.7 Å². The van der Waals surface area contributed by atoms with Gasteiger partial charge in [0.15, 0.2) is 5.82 Å². The molecule has 26 heavy (non-hydrogen) atoms. The number of aryl methyl sites for hydroxylation is 1. The average Bonchev–Trinajstić information content (AvgIpc) is 3.08. The average molecular weight is 418 g/mol. The summed E-state index contributed by atoms with van der Waals surface area (Å²) in [4.78, 5) is 16.8. The molecule has 0 atom stereocenters. The second-order valence-corrected chi connectivity index (χ2v) is 6.95. The summed E-state index contributed by atoms with van der Waals surface area (Å²) in [5.41, 5.74) is 1.23. The van der Waals surface area contributed by atoms with Gasteiger partial charge in [-0.2, -0.15) is 0 Å². The highest BCUT2D eigenvalue weighted by Crippen LogP contribution is 2.23. The van der Waals surface area contributed by atoms with Crippen molar-refractivity contribution in [1.29, 1.82) is 0 Å². The van der Waals surface area contributed by atoms with Crippen molar-refractivity contribution < 1.29 is 9.18 Å². The molecule has 0 spiro atoms. The molecule has 0 fully saturated rings. The first kappa shape index (κ1) is 18.2. The molecule has 1 N–H and O–H groups in total. The Kier molecular flexibility index (Phi) is 5.13. The van der Waals surface area contributed by atoms with E-state index < -0.39 is 11.7 Å². The number of hydrogen-bond donors (Lipinski definition) is 1. The zero-order valence-electron chi connectivity index (χ0n) is 14.5. The molecule has 6 nitrogen and oxygen atoms in total. The largest absolute Gasteiger partial charge is 0.310 e. The summed E-state index contributed by atoms with van der Waals surface area (Å²) >= 11 is 3.31. The predicted octanol–water partition coefficient (Wildman–Crippen LogP) is 4.38. The quantitative estimate of drug-likeness (QED) is 0.683. The molecule has 0 radical (unpaired) electrons. The summed E-state index contributed by atoms with van der Waals surface area (Å²) in [5, 5.41) is 10.6. The van der Waals surface area contributed by atoms with Crippen molar-refractivity contribution in [3.63, 3.8) is 0 Å². The Bertz CT molecular complexity index is 970. The topological polar surface area (TPSA) is 72.7 Å². The fraction of sp³-hybridized carbons (Fsp3) is 0.222. The molecule has 8 heteroatoms. The number of halogens is 2. The first-order chi connectivity index (χ1) is 12.4. The molecule has 1 amide bonds. The Morgan fingerprint density at radius 2 is 2.08 bits per heavy atom. The van der Waals surface area contributed by atoms with Gasteiger partial charge < -0.3 is 9.88 Å².